The molecule has 1 aliphatic rings. The van der Waals surface area contributed by atoms with E-state index in [1.807, 2.05) is 18.5 Å². The van der Waals surface area contributed by atoms with Crippen LogP contribution < -0.4 is 5.32 Å². The summed E-state index contributed by atoms with van der Waals surface area (Å²) in [4.78, 5) is 25.1. The molecule has 7 heteroatoms. The predicted molar refractivity (Wildman–Crippen MR) is 73.5 cm³/mol. The number of imide groups is 1. The van der Waals surface area contributed by atoms with Crippen molar-refractivity contribution in [1.82, 2.24) is 20.0 Å². The molecular weight excluding hydrogens is 312 g/mol. The van der Waals surface area contributed by atoms with Crippen molar-refractivity contribution >= 4 is 27.9 Å². The molecule has 1 aromatic rings. The maximum Gasteiger partial charge on any atom is 0.325 e. The Hall–Kier alpha value is -1.37. The van der Waals surface area contributed by atoms with E-state index in [2.05, 4.69) is 26.3 Å². The van der Waals surface area contributed by atoms with E-state index in [0.717, 1.165) is 15.9 Å². The molecule has 19 heavy (non-hydrogen) atoms. The lowest BCUT2D eigenvalue weighted by Gasteiger charge is -2.28. The molecule has 1 saturated heterocycles. The zero-order chi connectivity index (χ0) is 14.4. The highest BCUT2D eigenvalue weighted by molar-refractivity contribution is 9.10. The maximum atomic E-state index is 11.9. The molecule has 3 amide bonds. The summed E-state index contributed by atoms with van der Waals surface area (Å²) < 4.78 is 2.73. The molecule has 0 aromatic carbocycles. The first-order chi connectivity index (χ1) is 8.78. The van der Waals surface area contributed by atoms with Crippen LogP contribution in [0.4, 0.5) is 4.79 Å². The van der Waals surface area contributed by atoms with Crippen molar-refractivity contribution in [3.05, 3.63) is 15.9 Å². The minimum atomic E-state index is -0.840. The van der Waals surface area contributed by atoms with Crippen LogP contribution in [0.1, 0.15) is 32.2 Å². The van der Waals surface area contributed by atoms with Gasteiger partial charge in [0.15, 0.2) is 0 Å². The summed E-state index contributed by atoms with van der Waals surface area (Å²) >= 11 is 3.50. The summed E-state index contributed by atoms with van der Waals surface area (Å²) in [5.41, 5.74) is 0.936. The summed E-state index contributed by atoms with van der Waals surface area (Å²) in [5, 5.41) is 6.73. The first-order valence-corrected chi connectivity index (χ1v) is 6.93. The van der Waals surface area contributed by atoms with Crippen LogP contribution in [-0.2, 0) is 17.9 Å². The molecule has 0 saturated carbocycles. The average Bonchev–Trinajstić information content (AvgIpc) is 2.71. The predicted octanol–water partition coefficient (Wildman–Crippen LogP) is 1.80. The zero-order valence-corrected chi connectivity index (χ0v) is 13.0. The first-order valence-electron chi connectivity index (χ1n) is 6.13. The molecule has 0 bridgehead atoms. The highest BCUT2D eigenvalue weighted by atomic mass is 79.9. The van der Waals surface area contributed by atoms with Gasteiger partial charge in [0.2, 0.25) is 0 Å². The number of aryl methyl sites for hydroxylation is 2. The average molecular weight is 329 g/mol. The van der Waals surface area contributed by atoms with Crippen molar-refractivity contribution in [2.75, 3.05) is 0 Å². The number of halogens is 1. The molecule has 6 nitrogen and oxygen atoms in total. The fraction of sp³-hybridized carbons (Fsp3) is 0.583. The minimum Gasteiger partial charge on any atom is -0.304 e. The van der Waals surface area contributed by atoms with Gasteiger partial charge in [-0.3, -0.25) is 14.8 Å². The standard InChI is InChI=1S/C12H17BrN4O2/c1-5-17-8(9(13)7(2)15-17)6-16-11(19)14-10(18)12(16,3)4/h5-6H2,1-4H3,(H,14,18,19). The molecule has 0 spiro atoms. The third-order valence-electron chi connectivity index (χ3n) is 3.46. The van der Waals surface area contributed by atoms with Gasteiger partial charge in [-0.15, -0.1) is 0 Å². The normalized spacial score (nSPS) is 18.1. The number of hydrogen-bond donors (Lipinski definition) is 1. The van der Waals surface area contributed by atoms with Gasteiger partial charge in [0.25, 0.3) is 5.91 Å². The van der Waals surface area contributed by atoms with Gasteiger partial charge < -0.3 is 4.90 Å². The first kappa shape index (κ1) is 14.0. The number of aromatic nitrogens is 2. The van der Waals surface area contributed by atoms with E-state index >= 15 is 0 Å². The summed E-state index contributed by atoms with van der Waals surface area (Å²) in [5.74, 6) is -0.270. The summed E-state index contributed by atoms with van der Waals surface area (Å²) in [6.07, 6.45) is 0. The number of carbonyl (C=O) groups is 2. The van der Waals surface area contributed by atoms with Crippen LogP contribution in [0.2, 0.25) is 0 Å². The van der Waals surface area contributed by atoms with Crippen LogP contribution in [0.25, 0.3) is 0 Å². The Balaban J connectivity index is 2.36. The molecule has 2 rings (SSSR count). The highest BCUT2D eigenvalue weighted by Gasteiger charge is 2.45. The molecule has 104 valence electrons. The molecule has 0 radical (unpaired) electrons. The van der Waals surface area contributed by atoms with Gasteiger partial charge in [0, 0.05) is 6.54 Å². The molecule has 1 aromatic heterocycles. The van der Waals surface area contributed by atoms with Gasteiger partial charge in [-0.25, -0.2) is 4.79 Å². The van der Waals surface area contributed by atoms with E-state index in [-0.39, 0.29) is 11.9 Å². The van der Waals surface area contributed by atoms with Crippen LogP contribution in [0.15, 0.2) is 4.47 Å². The summed E-state index contributed by atoms with van der Waals surface area (Å²) in [6, 6.07) is -0.358. The lowest BCUT2D eigenvalue weighted by molar-refractivity contribution is -0.125. The number of nitrogens with zero attached hydrogens (tertiary/aromatic N) is 3. The van der Waals surface area contributed by atoms with E-state index in [1.165, 1.54) is 4.90 Å². The number of nitrogens with one attached hydrogen (secondary N) is 1. The topological polar surface area (TPSA) is 67.2 Å². The Kier molecular flexibility index (Phi) is 3.42. The Morgan fingerprint density at radius 1 is 1.37 bits per heavy atom. The Bertz CT molecular complexity index is 550. The fourth-order valence-electron chi connectivity index (χ4n) is 2.13. The maximum absolute atomic E-state index is 11.9. The molecular formula is C12H17BrN4O2. The van der Waals surface area contributed by atoms with Crippen molar-refractivity contribution in [3.8, 4) is 0 Å². The van der Waals surface area contributed by atoms with Crippen LogP contribution in [0.3, 0.4) is 0 Å². The number of amides is 3. The van der Waals surface area contributed by atoms with E-state index in [9.17, 15) is 9.59 Å². The van der Waals surface area contributed by atoms with Gasteiger partial charge in [-0.1, -0.05) is 0 Å². The van der Waals surface area contributed by atoms with Gasteiger partial charge in [-0.05, 0) is 43.6 Å². The van der Waals surface area contributed by atoms with Crippen LogP contribution in [-0.4, -0.2) is 32.2 Å². The van der Waals surface area contributed by atoms with Gasteiger partial charge in [-0.2, -0.15) is 5.10 Å². The second kappa shape index (κ2) is 4.63. The monoisotopic (exact) mass is 328 g/mol. The molecule has 0 atom stereocenters. The molecule has 2 heterocycles. The van der Waals surface area contributed by atoms with Crippen molar-refractivity contribution < 1.29 is 9.59 Å². The Labute approximate surface area is 120 Å². The molecule has 0 unspecified atom stereocenters. The van der Waals surface area contributed by atoms with E-state index in [0.29, 0.717) is 13.1 Å². The molecule has 1 fully saturated rings. The third-order valence-corrected chi connectivity index (χ3v) is 4.49. The van der Waals surface area contributed by atoms with E-state index in [4.69, 9.17) is 0 Å². The van der Waals surface area contributed by atoms with Crippen molar-refractivity contribution in [3.63, 3.8) is 0 Å². The van der Waals surface area contributed by atoms with Crippen LogP contribution in [0.5, 0.6) is 0 Å². The number of urea groups is 1. The molecule has 1 N–H and O–H groups in total. The second-order valence-electron chi connectivity index (χ2n) is 5.07. The number of hydrogen-bond acceptors (Lipinski definition) is 3. The second-order valence-corrected chi connectivity index (χ2v) is 5.86. The summed E-state index contributed by atoms with van der Waals surface area (Å²) in [6.45, 7) is 8.43. The van der Waals surface area contributed by atoms with E-state index < -0.39 is 5.54 Å². The quantitative estimate of drug-likeness (QED) is 0.860. The summed E-state index contributed by atoms with van der Waals surface area (Å²) in [7, 11) is 0. The molecule has 1 aliphatic heterocycles. The number of rotatable bonds is 3. The van der Waals surface area contributed by atoms with Crippen molar-refractivity contribution in [2.45, 2.75) is 46.3 Å². The van der Waals surface area contributed by atoms with Gasteiger partial charge >= 0.3 is 6.03 Å². The lowest BCUT2D eigenvalue weighted by atomic mass is 10.0. The smallest absolute Gasteiger partial charge is 0.304 e. The van der Waals surface area contributed by atoms with E-state index in [1.54, 1.807) is 13.8 Å². The molecule has 0 aliphatic carbocycles. The Morgan fingerprint density at radius 2 is 2.00 bits per heavy atom. The van der Waals surface area contributed by atoms with Gasteiger partial charge in [0.1, 0.15) is 5.54 Å². The highest BCUT2D eigenvalue weighted by Crippen LogP contribution is 2.28. The van der Waals surface area contributed by atoms with Crippen molar-refractivity contribution in [1.29, 1.82) is 0 Å². The third kappa shape index (κ3) is 2.16. The largest absolute Gasteiger partial charge is 0.325 e. The number of carbonyl (C=O) groups excluding carboxylic acids is 2. The zero-order valence-electron chi connectivity index (χ0n) is 11.5. The van der Waals surface area contributed by atoms with Crippen LogP contribution in [0, 0.1) is 6.92 Å². The SMILES string of the molecule is CCn1nc(C)c(Br)c1CN1C(=O)NC(=O)C1(C)C. The lowest BCUT2D eigenvalue weighted by Crippen LogP contribution is -2.44. The van der Waals surface area contributed by atoms with Crippen molar-refractivity contribution in [2.24, 2.45) is 0 Å². The fourth-order valence-corrected chi connectivity index (χ4v) is 2.54. The Morgan fingerprint density at radius 3 is 2.47 bits per heavy atom. The van der Waals surface area contributed by atoms with Crippen LogP contribution >= 0.6 is 15.9 Å². The van der Waals surface area contributed by atoms with Gasteiger partial charge in [0.05, 0.1) is 22.4 Å². The minimum absolute atomic E-state index is 0.270.